The number of halogens is 2. The number of benzene rings is 1. The van der Waals surface area contributed by atoms with Gasteiger partial charge in [-0.3, -0.25) is 0 Å². The second-order valence-electron chi connectivity index (χ2n) is 5.30. The van der Waals surface area contributed by atoms with E-state index in [9.17, 15) is 4.39 Å². The lowest BCUT2D eigenvalue weighted by Crippen LogP contribution is -2.23. The molecule has 0 saturated carbocycles. The molecule has 0 spiro atoms. The van der Waals surface area contributed by atoms with E-state index in [4.69, 9.17) is 11.6 Å². The van der Waals surface area contributed by atoms with Crippen LogP contribution in [0, 0.1) is 5.82 Å². The van der Waals surface area contributed by atoms with Gasteiger partial charge in [0, 0.05) is 40.5 Å². The molecule has 0 fully saturated rings. The molecule has 1 heterocycles. The van der Waals surface area contributed by atoms with E-state index in [1.165, 1.54) is 6.07 Å². The highest BCUT2D eigenvalue weighted by molar-refractivity contribution is 6.31. The van der Waals surface area contributed by atoms with Crippen molar-refractivity contribution in [2.75, 3.05) is 7.05 Å². The van der Waals surface area contributed by atoms with Crippen molar-refractivity contribution < 1.29 is 4.39 Å². The van der Waals surface area contributed by atoms with Gasteiger partial charge in [0.25, 0.3) is 0 Å². The molecule has 0 saturated heterocycles. The monoisotopic (exact) mass is 305 g/mol. The summed E-state index contributed by atoms with van der Waals surface area (Å²) < 4.78 is 13.8. The predicted octanol–water partition coefficient (Wildman–Crippen LogP) is 3.46. The molecule has 1 aliphatic carbocycles. The van der Waals surface area contributed by atoms with Crippen LogP contribution in [0.2, 0.25) is 5.02 Å². The van der Waals surface area contributed by atoms with Crippen molar-refractivity contribution in [1.29, 1.82) is 0 Å². The largest absolute Gasteiger partial charge is 0.313 e. The van der Waals surface area contributed by atoms with Crippen LogP contribution >= 0.6 is 11.6 Å². The maximum atomic E-state index is 13.8. The third kappa shape index (κ3) is 2.92. The van der Waals surface area contributed by atoms with Gasteiger partial charge in [0.2, 0.25) is 0 Å². The molecule has 0 bridgehead atoms. The van der Waals surface area contributed by atoms with Crippen LogP contribution in [-0.4, -0.2) is 17.0 Å². The Labute approximate surface area is 128 Å². The van der Waals surface area contributed by atoms with E-state index < -0.39 is 0 Å². The molecule has 1 aromatic heterocycles. The van der Waals surface area contributed by atoms with Crippen LogP contribution in [0.3, 0.4) is 0 Å². The number of aryl methyl sites for hydroxylation is 1. The molecule has 0 aliphatic heterocycles. The minimum absolute atomic E-state index is 0.308. The van der Waals surface area contributed by atoms with Crippen LogP contribution in [0.15, 0.2) is 24.4 Å². The van der Waals surface area contributed by atoms with Gasteiger partial charge in [0.05, 0.1) is 0 Å². The van der Waals surface area contributed by atoms with Crippen molar-refractivity contribution >= 4 is 11.6 Å². The number of fused-ring (bicyclic) bond motifs is 1. The number of hydrogen-bond acceptors (Lipinski definition) is 3. The first-order valence-corrected chi connectivity index (χ1v) is 7.51. The fourth-order valence-corrected chi connectivity index (χ4v) is 3.06. The molecule has 3 rings (SSSR count). The second kappa shape index (κ2) is 6.08. The Morgan fingerprint density at radius 1 is 1.43 bits per heavy atom. The molecule has 1 unspecified atom stereocenters. The first-order valence-electron chi connectivity index (χ1n) is 7.14. The van der Waals surface area contributed by atoms with Gasteiger partial charge >= 0.3 is 0 Å². The van der Waals surface area contributed by atoms with Crippen molar-refractivity contribution in [3.8, 4) is 0 Å². The van der Waals surface area contributed by atoms with Crippen LogP contribution in [0.25, 0.3) is 0 Å². The van der Waals surface area contributed by atoms with Crippen molar-refractivity contribution in [1.82, 2.24) is 15.3 Å². The molecule has 1 aliphatic rings. The van der Waals surface area contributed by atoms with E-state index in [1.807, 2.05) is 13.2 Å². The third-order valence-corrected chi connectivity index (χ3v) is 4.33. The first kappa shape index (κ1) is 14.4. The molecule has 0 radical (unpaired) electrons. The Kier molecular flexibility index (Phi) is 4.17. The van der Waals surface area contributed by atoms with Crippen molar-refractivity contribution in [2.45, 2.75) is 31.7 Å². The third-order valence-electron chi connectivity index (χ3n) is 3.98. The Morgan fingerprint density at radius 3 is 3.05 bits per heavy atom. The van der Waals surface area contributed by atoms with Crippen molar-refractivity contribution in [3.05, 3.63) is 57.9 Å². The number of hydrogen-bond donors (Lipinski definition) is 1. The molecule has 0 amide bonds. The topological polar surface area (TPSA) is 37.8 Å². The first-order chi connectivity index (χ1) is 10.2. The number of nitrogens with one attached hydrogen (secondary N) is 1. The molecule has 1 atom stereocenters. The van der Waals surface area contributed by atoms with Crippen LogP contribution in [0.4, 0.5) is 4.39 Å². The van der Waals surface area contributed by atoms with Crippen LogP contribution < -0.4 is 5.32 Å². The minimum Gasteiger partial charge on any atom is -0.313 e. The lowest BCUT2D eigenvalue weighted by molar-refractivity contribution is 0.485. The van der Waals surface area contributed by atoms with Gasteiger partial charge in [-0.25, -0.2) is 14.4 Å². The number of aromatic nitrogens is 2. The van der Waals surface area contributed by atoms with E-state index >= 15 is 0 Å². The molecule has 110 valence electrons. The van der Waals surface area contributed by atoms with E-state index in [1.54, 1.807) is 12.1 Å². The van der Waals surface area contributed by atoms with E-state index in [0.717, 1.165) is 30.5 Å². The van der Waals surface area contributed by atoms with E-state index in [2.05, 4.69) is 15.3 Å². The minimum atomic E-state index is -0.308. The maximum absolute atomic E-state index is 13.8. The fourth-order valence-electron chi connectivity index (χ4n) is 2.83. The van der Waals surface area contributed by atoms with E-state index in [-0.39, 0.29) is 5.82 Å². The fraction of sp³-hybridized carbons (Fsp3) is 0.375. The summed E-state index contributed by atoms with van der Waals surface area (Å²) in [6.07, 6.45) is 5.35. The smallest absolute Gasteiger partial charge is 0.133 e. The lowest BCUT2D eigenvalue weighted by Gasteiger charge is -2.24. The van der Waals surface area contributed by atoms with Crippen LogP contribution in [0.5, 0.6) is 0 Å². The highest BCUT2D eigenvalue weighted by Gasteiger charge is 2.21. The summed E-state index contributed by atoms with van der Waals surface area (Å²) in [5, 5.41) is 3.71. The van der Waals surface area contributed by atoms with Gasteiger partial charge in [0.1, 0.15) is 11.6 Å². The molecule has 1 N–H and O–H groups in total. The Balaban J connectivity index is 1.91. The van der Waals surface area contributed by atoms with Gasteiger partial charge < -0.3 is 5.32 Å². The molecule has 1 aromatic carbocycles. The molecular weight excluding hydrogens is 289 g/mol. The highest BCUT2D eigenvalue weighted by atomic mass is 35.5. The SMILES string of the molecule is CNC1CCCc2nc(Cc3c(F)cccc3Cl)ncc21. The average molecular weight is 306 g/mol. The maximum Gasteiger partial charge on any atom is 0.133 e. The highest BCUT2D eigenvalue weighted by Crippen LogP contribution is 2.28. The zero-order valence-electron chi connectivity index (χ0n) is 11.9. The summed E-state index contributed by atoms with van der Waals surface area (Å²) in [6.45, 7) is 0. The standard InChI is InChI=1S/C16H17ClFN3/c1-19-14-6-3-7-15-11(14)9-20-16(21-15)8-10-12(17)4-2-5-13(10)18/h2,4-5,9,14,19H,3,6-8H2,1H3. The molecule has 21 heavy (non-hydrogen) atoms. The summed E-state index contributed by atoms with van der Waals surface area (Å²) in [5.41, 5.74) is 2.69. The summed E-state index contributed by atoms with van der Waals surface area (Å²) in [6, 6.07) is 5.03. The molecule has 5 heteroatoms. The van der Waals surface area contributed by atoms with E-state index in [0.29, 0.717) is 28.9 Å². The molecular formula is C16H17ClFN3. The summed E-state index contributed by atoms with van der Waals surface area (Å²) >= 11 is 6.06. The van der Waals surface area contributed by atoms with Gasteiger partial charge in [-0.05, 0) is 38.4 Å². The van der Waals surface area contributed by atoms with Gasteiger partial charge in [0.15, 0.2) is 0 Å². The lowest BCUT2D eigenvalue weighted by atomic mass is 9.92. The summed E-state index contributed by atoms with van der Waals surface area (Å²) in [5.74, 6) is 0.314. The summed E-state index contributed by atoms with van der Waals surface area (Å²) in [7, 11) is 1.95. The number of nitrogens with zero attached hydrogens (tertiary/aromatic N) is 2. The van der Waals surface area contributed by atoms with Gasteiger partial charge in [-0.2, -0.15) is 0 Å². The van der Waals surface area contributed by atoms with Gasteiger partial charge in [-0.1, -0.05) is 17.7 Å². The zero-order valence-corrected chi connectivity index (χ0v) is 12.6. The summed E-state index contributed by atoms with van der Waals surface area (Å²) in [4.78, 5) is 9.00. The van der Waals surface area contributed by atoms with Crippen LogP contribution in [0.1, 0.15) is 41.5 Å². The Bertz CT molecular complexity index is 640. The molecule has 2 aromatic rings. The van der Waals surface area contributed by atoms with Crippen LogP contribution in [-0.2, 0) is 12.8 Å². The quantitative estimate of drug-likeness (QED) is 0.943. The zero-order chi connectivity index (χ0) is 14.8. The Hall–Kier alpha value is -1.52. The average Bonchev–Trinajstić information content (AvgIpc) is 2.50. The normalized spacial score (nSPS) is 17.6. The van der Waals surface area contributed by atoms with Gasteiger partial charge in [-0.15, -0.1) is 0 Å². The van der Waals surface area contributed by atoms with Crippen molar-refractivity contribution in [3.63, 3.8) is 0 Å². The Morgan fingerprint density at radius 2 is 2.29 bits per heavy atom. The molecule has 3 nitrogen and oxygen atoms in total. The number of rotatable bonds is 3. The second-order valence-corrected chi connectivity index (χ2v) is 5.71. The van der Waals surface area contributed by atoms with Crippen molar-refractivity contribution in [2.24, 2.45) is 0 Å². The predicted molar refractivity (Wildman–Crippen MR) is 81.0 cm³/mol.